The predicted octanol–water partition coefficient (Wildman–Crippen LogP) is 2.30. The number of hydrogen-bond donors (Lipinski definition) is 0. The molecule has 0 spiro atoms. The summed E-state index contributed by atoms with van der Waals surface area (Å²) in [4.78, 5) is 11.5. The van der Waals surface area contributed by atoms with Gasteiger partial charge in [0.15, 0.2) is 5.78 Å². The fraction of sp³-hybridized carbons (Fsp3) is 0.100. The first-order valence-corrected chi connectivity index (χ1v) is 3.94. The van der Waals surface area contributed by atoms with Crippen LogP contribution in [-0.2, 0) is 6.42 Å². The van der Waals surface area contributed by atoms with Gasteiger partial charge in [-0.05, 0) is 18.2 Å². The van der Waals surface area contributed by atoms with Crippen molar-refractivity contribution in [2.75, 3.05) is 0 Å². The molecule has 0 atom stereocenters. The highest BCUT2D eigenvalue weighted by atomic mass is 16.3. The van der Waals surface area contributed by atoms with Crippen LogP contribution in [0.2, 0.25) is 0 Å². The Morgan fingerprint density at radius 2 is 2.23 bits per heavy atom. The molecule has 2 rings (SSSR count). The Morgan fingerprint density at radius 3 is 2.85 bits per heavy atom. The molecule has 2 aromatic heterocycles. The van der Waals surface area contributed by atoms with E-state index in [4.69, 9.17) is 8.83 Å². The molecule has 0 saturated carbocycles. The maximum atomic E-state index is 11.5. The van der Waals surface area contributed by atoms with Gasteiger partial charge in [-0.15, -0.1) is 0 Å². The van der Waals surface area contributed by atoms with E-state index in [1.165, 1.54) is 12.5 Å². The van der Waals surface area contributed by atoms with Crippen LogP contribution in [0.1, 0.15) is 16.1 Å². The summed E-state index contributed by atoms with van der Waals surface area (Å²) in [6, 6.07) is 5.18. The van der Waals surface area contributed by atoms with Crippen molar-refractivity contribution >= 4 is 5.78 Å². The summed E-state index contributed by atoms with van der Waals surface area (Å²) in [5.74, 6) is 0.676. The largest absolute Gasteiger partial charge is 0.472 e. The van der Waals surface area contributed by atoms with Gasteiger partial charge in [-0.3, -0.25) is 4.79 Å². The summed E-state index contributed by atoms with van der Waals surface area (Å²) in [7, 11) is 0. The summed E-state index contributed by atoms with van der Waals surface area (Å²) in [6.45, 7) is 0. The number of hydrogen-bond acceptors (Lipinski definition) is 3. The molecule has 3 nitrogen and oxygen atoms in total. The molecule has 0 radical (unpaired) electrons. The highest BCUT2D eigenvalue weighted by Gasteiger charge is 2.09. The lowest BCUT2D eigenvalue weighted by Gasteiger charge is -1.92. The third-order valence-electron chi connectivity index (χ3n) is 1.76. The second-order valence-electron chi connectivity index (χ2n) is 2.69. The Bertz CT molecular complexity index is 370. The third kappa shape index (κ3) is 1.69. The molecule has 13 heavy (non-hydrogen) atoms. The third-order valence-corrected chi connectivity index (χ3v) is 1.76. The van der Waals surface area contributed by atoms with Crippen molar-refractivity contribution in [1.29, 1.82) is 0 Å². The second kappa shape index (κ2) is 3.31. The minimum atomic E-state index is 0.00343. The number of rotatable bonds is 3. The number of furan rings is 2. The van der Waals surface area contributed by atoms with E-state index < -0.39 is 0 Å². The first-order valence-electron chi connectivity index (χ1n) is 3.94. The molecule has 0 aliphatic carbocycles. The number of Topliss-reactive ketones (excluding diaryl/α,β-unsaturated/α-hetero) is 1. The minimum absolute atomic E-state index is 0.00343. The van der Waals surface area contributed by atoms with E-state index in [0.29, 0.717) is 11.3 Å². The molecular weight excluding hydrogens is 168 g/mol. The maximum Gasteiger partial charge on any atom is 0.173 e. The lowest BCUT2D eigenvalue weighted by Crippen LogP contribution is -2.00. The number of carbonyl (C=O) groups excluding carboxylic acids is 1. The van der Waals surface area contributed by atoms with Crippen molar-refractivity contribution < 1.29 is 13.6 Å². The first-order chi connectivity index (χ1) is 6.36. The van der Waals surface area contributed by atoms with Crippen molar-refractivity contribution in [3.63, 3.8) is 0 Å². The second-order valence-corrected chi connectivity index (χ2v) is 2.69. The smallest absolute Gasteiger partial charge is 0.173 e. The van der Waals surface area contributed by atoms with Crippen LogP contribution in [0, 0.1) is 0 Å². The molecular formula is C10H8O3. The van der Waals surface area contributed by atoms with Crippen LogP contribution < -0.4 is 0 Å². The summed E-state index contributed by atoms with van der Waals surface area (Å²) in [5.41, 5.74) is 0.580. The first kappa shape index (κ1) is 7.86. The molecule has 2 aromatic rings. The molecule has 0 aromatic carbocycles. The van der Waals surface area contributed by atoms with Crippen molar-refractivity contribution in [3.8, 4) is 0 Å². The Labute approximate surface area is 75.0 Å². The van der Waals surface area contributed by atoms with Gasteiger partial charge >= 0.3 is 0 Å². The zero-order chi connectivity index (χ0) is 9.10. The van der Waals surface area contributed by atoms with Gasteiger partial charge in [-0.2, -0.15) is 0 Å². The Hall–Kier alpha value is -1.77. The van der Waals surface area contributed by atoms with Crippen LogP contribution in [-0.4, -0.2) is 5.78 Å². The zero-order valence-electron chi connectivity index (χ0n) is 6.90. The molecule has 0 N–H and O–H groups in total. The fourth-order valence-electron chi connectivity index (χ4n) is 1.10. The molecule has 0 amide bonds. The van der Waals surface area contributed by atoms with Gasteiger partial charge in [0.25, 0.3) is 0 Å². The molecule has 0 unspecified atom stereocenters. The van der Waals surface area contributed by atoms with Crippen molar-refractivity contribution in [1.82, 2.24) is 0 Å². The number of ketones is 1. The SMILES string of the molecule is O=C(Cc1ccco1)c1ccoc1. The van der Waals surface area contributed by atoms with Crippen LogP contribution >= 0.6 is 0 Å². The summed E-state index contributed by atoms with van der Waals surface area (Å²) >= 11 is 0. The van der Waals surface area contributed by atoms with Crippen molar-refractivity contribution in [2.45, 2.75) is 6.42 Å². The van der Waals surface area contributed by atoms with Gasteiger partial charge < -0.3 is 8.83 Å². The molecule has 0 aliphatic rings. The minimum Gasteiger partial charge on any atom is -0.472 e. The van der Waals surface area contributed by atoms with Crippen LogP contribution in [0.5, 0.6) is 0 Å². The van der Waals surface area contributed by atoms with Gasteiger partial charge in [0.1, 0.15) is 12.0 Å². The van der Waals surface area contributed by atoms with E-state index in [0.717, 1.165) is 0 Å². The topological polar surface area (TPSA) is 43.4 Å². The van der Waals surface area contributed by atoms with Crippen LogP contribution in [0.15, 0.2) is 45.8 Å². The van der Waals surface area contributed by atoms with Gasteiger partial charge in [0, 0.05) is 0 Å². The predicted molar refractivity (Wildman–Crippen MR) is 45.5 cm³/mol. The van der Waals surface area contributed by atoms with Crippen molar-refractivity contribution in [3.05, 3.63) is 48.3 Å². The van der Waals surface area contributed by atoms with Crippen LogP contribution in [0.3, 0.4) is 0 Å². The molecule has 0 saturated heterocycles. The molecule has 0 bridgehead atoms. The van der Waals surface area contributed by atoms with Crippen molar-refractivity contribution in [2.24, 2.45) is 0 Å². The van der Waals surface area contributed by atoms with E-state index in [1.54, 1.807) is 24.5 Å². The summed E-state index contributed by atoms with van der Waals surface area (Å²) in [5, 5.41) is 0. The van der Waals surface area contributed by atoms with E-state index >= 15 is 0 Å². The Balaban J connectivity index is 2.08. The summed E-state index contributed by atoms with van der Waals surface area (Å²) in [6.07, 6.45) is 4.76. The highest BCUT2D eigenvalue weighted by Crippen LogP contribution is 2.08. The van der Waals surface area contributed by atoms with E-state index in [9.17, 15) is 4.79 Å². The maximum absolute atomic E-state index is 11.5. The van der Waals surface area contributed by atoms with E-state index in [-0.39, 0.29) is 12.2 Å². The quantitative estimate of drug-likeness (QED) is 0.674. The Morgan fingerprint density at radius 1 is 1.31 bits per heavy atom. The van der Waals surface area contributed by atoms with Gasteiger partial charge in [0.2, 0.25) is 0 Å². The van der Waals surface area contributed by atoms with E-state index in [1.807, 2.05) is 0 Å². The molecule has 3 heteroatoms. The average Bonchev–Trinajstić information content (AvgIpc) is 2.74. The standard InChI is InChI=1S/C10H8O3/c11-10(8-3-5-12-7-8)6-9-2-1-4-13-9/h1-5,7H,6H2. The lowest BCUT2D eigenvalue weighted by atomic mass is 10.1. The lowest BCUT2D eigenvalue weighted by molar-refractivity contribution is 0.0986. The zero-order valence-corrected chi connectivity index (χ0v) is 6.90. The molecule has 2 heterocycles. The van der Waals surface area contributed by atoms with Gasteiger partial charge in [0.05, 0.1) is 24.5 Å². The average molecular weight is 176 g/mol. The molecule has 0 fully saturated rings. The van der Waals surface area contributed by atoms with Gasteiger partial charge in [-0.1, -0.05) is 0 Å². The molecule has 66 valence electrons. The van der Waals surface area contributed by atoms with E-state index in [2.05, 4.69) is 0 Å². The number of carbonyl (C=O) groups is 1. The van der Waals surface area contributed by atoms with Gasteiger partial charge in [-0.25, -0.2) is 0 Å². The fourth-order valence-corrected chi connectivity index (χ4v) is 1.10. The normalized spacial score (nSPS) is 10.2. The van der Waals surface area contributed by atoms with Crippen LogP contribution in [0.4, 0.5) is 0 Å². The monoisotopic (exact) mass is 176 g/mol. The molecule has 0 aliphatic heterocycles. The highest BCUT2D eigenvalue weighted by molar-refractivity contribution is 5.96. The summed E-state index contributed by atoms with van der Waals surface area (Å²) < 4.78 is 9.85. The van der Waals surface area contributed by atoms with Crippen LogP contribution in [0.25, 0.3) is 0 Å². The Kier molecular flexibility index (Phi) is 2.00.